The Bertz CT molecular complexity index is 569. The monoisotopic (exact) mass is 271 g/mol. The van der Waals surface area contributed by atoms with Crippen LogP contribution in [-0.2, 0) is 6.54 Å². The number of aromatic nitrogens is 2. The summed E-state index contributed by atoms with van der Waals surface area (Å²) in [6, 6.07) is 5.87. The van der Waals surface area contributed by atoms with Crippen molar-refractivity contribution in [3.8, 4) is 11.6 Å². The maximum atomic E-state index is 5.83. The van der Waals surface area contributed by atoms with Crippen LogP contribution in [0.3, 0.4) is 0 Å². The quantitative estimate of drug-likeness (QED) is 0.818. The Morgan fingerprint density at radius 3 is 2.80 bits per heavy atom. The predicted molar refractivity (Wildman–Crippen MR) is 80.0 cm³/mol. The van der Waals surface area contributed by atoms with Gasteiger partial charge in [-0.15, -0.1) is 0 Å². The fourth-order valence-corrected chi connectivity index (χ4v) is 1.91. The van der Waals surface area contributed by atoms with E-state index < -0.39 is 0 Å². The van der Waals surface area contributed by atoms with Crippen LogP contribution in [0, 0.1) is 13.8 Å². The minimum Gasteiger partial charge on any atom is -0.437 e. The molecule has 20 heavy (non-hydrogen) atoms. The van der Waals surface area contributed by atoms with Crippen molar-refractivity contribution >= 4 is 0 Å². The largest absolute Gasteiger partial charge is 0.437 e. The van der Waals surface area contributed by atoms with Crippen LogP contribution >= 0.6 is 0 Å². The Morgan fingerprint density at radius 2 is 2.10 bits per heavy atom. The van der Waals surface area contributed by atoms with Crippen molar-refractivity contribution < 1.29 is 4.74 Å². The van der Waals surface area contributed by atoms with E-state index in [0.717, 1.165) is 36.5 Å². The van der Waals surface area contributed by atoms with Crippen molar-refractivity contribution in [2.24, 2.45) is 0 Å². The fraction of sp³-hybridized carbons (Fsp3) is 0.375. The van der Waals surface area contributed by atoms with Crippen molar-refractivity contribution in [3.63, 3.8) is 0 Å². The number of ether oxygens (including phenoxy) is 1. The first-order valence-electron chi connectivity index (χ1n) is 6.96. The molecular formula is C16H21N3O. The molecule has 0 radical (unpaired) electrons. The Balaban J connectivity index is 2.08. The van der Waals surface area contributed by atoms with Crippen molar-refractivity contribution in [1.29, 1.82) is 0 Å². The highest BCUT2D eigenvalue weighted by molar-refractivity contribution is 5.35. The van der Waals surface area contributed by atoms with E-state index in [9.17, 15) is 0 Å². The molecular weight excluding hydrogens is 250 g/mol. The van der Waals surface area contributed by atoms with Gasteiger partial charge in [-0.25, -0.2) is 4.98 Å². The van der Waals surface area contributed by atoms with Crippen LogP contribution in [0.2, 0.25) is 0 Å². The van der Waals surface area contributed by atoms with E-state index in [1.54, 1.807) is 6.20 Å². The lowest BCUT2D eigenvalue weighted by atomic mass is 10.2. The van der Waals surface area contributed by atoms with Gasteiger partial charge in [0, 0.05) is 24.5 Å². The van der Waals surface area contributed by atoms with Gasteiger partial charge in [-0.05, 0) is 50.6 Å². The highest BCUT2D eigenvalue weighted by Crippen LogP contribution is 2.24. The molecule has 2 rings (SSSR count). The molecule has 2 aromatic rings. The highest BCUT2D eigenvalue weighted by atomic mass is 16.5. The lowest BCUT2D eigenvalue weighted by molar-refractivity contribution is 0.452. The molecule has 0 atom stereocenters. The van der Waals surface area contributed by atoms with E-state index in [-0.39, 0.29) is 0 Å². The zero-order valence-electron chi connectivity index (χ0n) is 12.3. The first-order chi connectivity index (χ1) is 9.70. The number of nitrogens with zero attached hydrogens (tertiary/aromatic N) is 2. The third-order valence-corrected chi connectivity index (χ3v) is 3.01. The molecule has 0 aliphatic carbocycles. The maximum absolute atomic E-state index is 5.83. The summed E-state index contributed by atoms with van der Waals surface area (Å²) in [5.41, 5.74) is 3.07. The molecule has 0 saturated heterocycles. The molecule has 1 N–H and O–H groups in total. The second-order valence-electron chi connectivity index (χ2n) is 4.83. The smallest absolute Gasteiger partial charge is 0.222 e. The summed E-state index contributed by atoms with van der Waals surface area (Å²) in [6.07, 6.45) is 4.75. The molecule has 0 saturated carbocycles. The molecule has 0 aliphatic heterocycles. The lowest BCUT2D eigenvalue weighted by Crippen LogP contribution is -2.14. The number of hydrogen-bond donors (Lipinski definition) is 1. The molecule has 4 heteroatoms. The number of pyridine rings is 2. The average molecular weight is 271 g/mol. The minimum absolute atomic E-state index is 0.639. The molecule has 0 fully saturated rings. The van der Waals surface area contributed by atoms with E-state index in [4.69, 9.17) is 4.74 Å². The third kappa shape index (κ3) is 3.78. The van der Waals surface area contributed by atoms with E-state index in [2.05, 4.69) is 28.3 Å². The van der Waals surface area contributed by atoms with Gasteiger partial charge in [0.15, 0.2) is 5.75 Å². The molecule has 0 aliphatic rings. The van der Waals surface area contributed by atoms with Gasteiger partial charge in [0.1, 0.15) is 0 Å². The molecule has 2 heterocycles. The van der Waals surface area contributed by atoms with Crippen LogP contribution in [0.25, 0.3) is 0 Å². The van der Waals surface area contributed by atoms with Gasteiger partial charge in [0.05, 0.1) is 5.69 Å². The first-order valence-corrected chi connectivity index (χ1v) is 6.96. The molecule has 0 bridgehead atoms. The van der Waals surface area contributed by atoms with Crippen LogP contribution in [0.5, 0.6) is 11.6 Å². The Labute approximate surface area is 120 Å². The minimum atomic E-state index is 0.639. The van der Waals surface area contributed by atoms with Gasteiger partial charge in [0.2, 0.25) is 5.88 Å². The Kier molecular flexibility index (Phi) is 5.07. The van der Waals surface area contributed by atoms with Gasteiger partial charge >= 0.3 is 0 Å². The van der Waals surface area contributed by atoms with E-state index in [1.165, 1.54) is 5.56 Å². The second-order valence-corrected chi connectivity index (χ2v) is 4.83. The average Bonchev–Trinajstić information content (AvgIpc) is 2.44. The summed E-state index contributed by atoms with van der Waals surface area (Å²) in [5, 5.41) is 3.37. The first kappa shape index (κ1) is 14.5. The van der Waals surface area contributed by atoms with E-state index in [1.807, 2.05) is 32.2 Å². The third-order valence-electron chi connectivity index (χ3n) is 3.01. The predicted octanol–water partition coefficient (Wildman–Crippen LogP) is 3.39. The zero-order chi connectivity index (χ0) is 14.4. The van der Waals surface area contributed by atoms with E-state index >= 15 is 0 Å². The number of hydrogen-bond acceptors (Lipinski definition) is 4. The van der Waals surface area contributed by atoms with Gasteiger partial charge < -0.3 is 10.1 Å². The summed E-state index contributed by atoms with van der Waals surface area (Å²) in [5.74, 6) is 1.39. The summed E-state index contributed by atoms with van der Waals surface area (Å²) in [6.45, 7) is 7.95. The van der Waals surface area contributed by atoms with Crippen molar-refractivity contribution in [2.75, 3.05) is 6.54 Å². The standard InChI is InChI=1S/C16H21N3O/c1-4-7-17-10-14-9-12(2)16(19-11-14)20-15-6-5-8-18-13(15)3/h5-6,8-9,11,17H,4,7,10H2,1-3H3. The molecule has 0 spiro atoms. The summed E-state index contributed by atoms with van der Waals surface area (Å²) >= 11 is 0. The molecule has 0 amide bonds. The molecule has 0 aromatic carbocycles. The van der Waals surface area contributed by atoms with Gasteiger partial charge in [-0.3, -0.25) is 4.98 Å². The maximum Gasteiger partial charge on any atom is 0.222 e. The normalized spacial score (nSPS) is 10.6. The molecule has 4 nitrogen and oxygen atoms in total. The SMILES string of the molecule is CCCNCc1cnc(Oc2cccnc2C)c(C)c1. The number of rotatable bonds is 6. The Hall–Kier alpha value is -1.94. The molecule has 106 valence electrons. The topological polar surface area (TPSA) is 47.0 Å². The van der Waals surface area contributed by atoms with Crippen molar-refractivity contribution in [1.82, 2.24) is 15.3 Å². The molecule has 0 unspecified atom stereocenters. The van der Waals surface area contributed by atoms with Crippen LogP contribution in [0.15, 0.2) is 30.6 Å². The van der Waals surface area contributed by atoms with Crippen LogP contribution in [-0.4, -0.2) is 16.5 Å². The summed E-state index contributed by atoms with van der Waals surface area (Å²) in [7, 11) is 0. The fourth-order valence-electron chi connectivity index (χ4n) is 1.91. The molecule has 2 aromatic heterocycles. The van der Waals surface area contributed by atoms with Crippen LogP contribution < -0.4 is 10.1 Å². The van der Waals surface area contributed by atoms with Gasteiger partial charge in [-0.2, -0.15) is 0 Å². The van der Waals surface area contributed by atoms with Gasteiger partial charge in [-0.1, -0.05) is 6.92 Å². The van der Waals surface area contributed by atoms with Crippen molar-refractivity contribution in [2.45, 2.75) is 33.7 Å². The van der Waals surface area contributed by atoms with Crippen LogP contribution in [0.1, 0.15) is 30.2 Å². The highest BCUT2D eigenvalue weighted by Gasteiger charge is 2.06. The summed E-state index contributed by atoms with van der Waals surface area (Å²) < 4.78 is 5.83. The lowest BCUT2D eigenvalue weighted by Gasteiger charge is -2.10. The second kappa shape index (κ2) is 7.01. The van der Waals surface area contributed by atoms with Gasteiger partial charge in [0.25, 0.3) is 0 Å². The van der Waals surface area contributed by atoms with E-state index in [0.29, 0.717) is 5.88 Å². The van der Waals surface area contributed by atoms with Crippen LogP contribution in [0.4, 0.5) is 0 Å². The van der Waals surface area contributed by atoms with Crippen molar-refractivity contribution in [3.05, 3.63) is 47.4 Å². The zero-order valence-corrected chi connectivity index (χ0v) is 12.3. The number of nitrogens with one attached hydrogen (secondary N) is 1. The summed E-state index contributed by atoms with van der Waals surface area (Å²) in [4.78, 5) is 8.61. The Morgan fingerprint density at radius 1 is 1.25 bits per heavy atom. The number of aryl methyl sites for hydroxylation is 2.